The van der Waals surface area contributed by atoms with E-state index in [2.05, 4.69) is 55.5 Å². The Hall–Kier alpha value is -4.99. The minimum atomic E-state index is -4.42. The average Bonchev–Trinajstić information content (AvgIpc) is 3.90. The van der Waals surface area contributed by atoms with Gasteiger partial charge in [-0.15, -0.1) is 0 Å². The van der Waals surface area contributed by atoms with Gasteiger partial charge in [-0.3, -0.25) is 9.69 Å². The Morgan fingerprint density at radius 1 is 0.937 bits per heavy atom. The summed E-state index contributed by atoms with van der Waals surface area (Å²) in [5.74, 6) is -0.690. The lowest BCUT2D eigenvalue weighted by Crippen LogP contribution is -2.47. The summed E-state index contributed by atoms with van der Waals surface area (Å²) >= 11 is 12.7. The monoisotopic (exact) mass is 912 g/mol. The van der Waals surface area contributed by atoms with Crippen LogP contribution in [-0.2, 0) is 10.0 Å². The molecule has 5 heterocycles. The van der Waals surface area contributed by atoms with Gasteiger partial charge in [0.2, 0.25) is 0 Å². The molecule has 1 aliphatic carbocycles. The summed E-state index contributed by atoms with van der Waals surface area (Å²) in [4.78, 5) is 28.6. The van der Waals surface area contributed by atoms with E-state index in [0.717, 1.165) is 68.1 Å². The number of hydrogen-bond acceptors (Lipinski definition) is 9. The third kappa shape index (κ3) is 9.33. The number of aromatic nitrogens is 4. The van der Waals surface area contributed by atoms with E-state index in [1.165, 1.54) is 34.9 Å². The molecule has 0 atom stereocenters. The van der Waals surface area contributed by atoms with Crippen LogP contribution in [0.25, 0.3) is 33.3 Å². The number of sulfonamides is 1. The number of benzene rings is 3. The number of carbonyl (C=O) groups excluding carboxylic acids is 1. The third-order valence-electron chi connectivity index (χ3n) is 12.9. The van der Waals surface area contributed by atoms with Crippen LogP contribution in [0, 0.1) is 5.41 Å². The lowest BCUT2D eigenvalue weighted by Gasteiger charge is -2.39. The summed E-state index contributed by atoms with van der Waals surface area (Å²) in [6, 6.07) is 21.3. The van der Waals surface area contributed by atoms with Crippen molar-refractivity contribution in [3.05, 3.63) is 112 Å². The zero-order valence-electron chi connectivity index (χ0n) is 35.6. The summed E-state index contributed by atoms with van der Waals surface area (Å²) in [6.45, 7) is 9.81. The minimum Gasteiger partial charge on any atom is -0.489 e. The first-order chi connectivity index (χ1) is 30.1. The van der Waals surface area contributed by atoms with Gasteiger partial charge in [0.15, 0.2) is 0 Å². The Labute approximate surface area is 377 Å². The first-order valence-electron chi connectivity index (χ1n) is 21.4. The Morgan fingerprint density at radius 3 is 2.44 bits per heavy atom. The minimum absolute atomic E-state index is 0.0139. The van der Waals surface area contributed by atoms with Gasteiger partial charge in [0.25, 0.3) is 15.9 Å². The van der Waals surface area contributed by atoms with Gasteiger partial charge in [-0.25, -0.2) is 27.2 Å². The van der Waals surface area contributed by atoms with Gasteiger partial charge in [0, 0.05) is 68.1 Å². The number of rotatable bonds is 11. The summed E-state index contributed by atoms with van der Waals surface area (Å²) in [5.41, 5.74) is 6.20. The third-order valence-corrected chi connectivity index (χ3v) is 14.7. The number of nitrogens with zero attached hydrogens (tertiary/aromatic N) is 6. The molecule has 2 N–H and O–H groups in total. The second-order valence-corrected chi connectivity index (χ2v) is 20.6. The molecule has 0 bridgehead atoms. The highest BCUT2D eigenvalue weighted by molar-refractivity contribution is 7.90. The molecule has 0 spiro atoms. The Morgan fingerprint density at radius 2 is 1.70 bits per heavy atom. The van der Waals surface area contributed by atoms with Gasteiger partial charge in [0.05, 0.1) is 32.9 Å². The van der Waals surface area contributed by atoms with Gasteiger partial charge in [-0.05, 0) is 116 Å². The molecular weight excluding hydrogens is 863 g/mol. The van der Waals surface area contributed by atoms with E-state index >= 15 is 4.39 Å². The molecule has 3 aromatic heterocycles. The molecule has 2 fully saturated rings. The van der Waals surface area contributed by atoms with E-state index in [9.17, 15) is 13.2 Å². The fourth-order valence-corrected chi connectivity index (χ4v) is 10.4. The van der Waals surface area contributed by atoms with Crippen molar-refractivity contribution in [1.29, 1.82) is 0 Å². The van der Waals surface area contributed by atoms with Crippen LogP contribution >= 0.6 is 23.2 Å². The van der Waals surface area contributed by atoms with E-state index < -0.39 is 21.6 Å². The lowest BCUT2D eigenvalue weighted by atomic mass is 9.72. The first kappa shape index (κ1) is 43.3. The Balaban J connectivity index is 0.956. The molecule has 0 unspecified atom stereocenters. The fraction of sp³-hybridized carbons (Fsp3) is 0.383. The van der Waals surface area contributed by atoms with E-state index in [1.54, 1.807) is 23.1 Å². The van der Waals surface area contributed by atoms with Crippen molar-refractivity contribution in [2.75, 3.05) is 64.4 Å². The molecule has 12 nitrogen and oxygen atoms in total. The smallest absolute Gasteiger partial charge is 0.267 e. The largest absolute Gasteiger partial charge is 0.489 e. The number of allylic oxidation sites excluding steroid dienone is 1. The number of nitrogens with one attached hydrogen (secondary N) is 2. The van der Waals surface area contributed by atoms with Crippen molar-refractivity contribution in [1.82, 2.24) is 34.3 Å². The molecule has 16 heteroatoms. The van der Waals surface area contributed by atoms with E-state index in [4.69, 9.17) is 32.9 Å². The predicted molar refractivity (Wildman–Crippen MR) is 248 cm³/mol. The lowest BCUT2D eigenvalue weighted by molar-refractivity contribution is 0.0245. The van der Waals surface area contributed by atoms with E-state index in [-0.39, 0.29) is 33.3 Å². The van der Waals surface area contributed by atoms with Crippen LogP contribution in [0.2, 0.25) is 10.0 Å². The number of likely N-dealkylation sites (tertiary alicyclic amines) is 1. The number of fused-ring (bicyclic) bond motifs is 2. The number of piperidine rings is 1. The highest BCUT2D eigenvalue weighted by Crippen LogP contribution is 2.43. The molecular formula is C47H51Cl2FN8O4S. The van der Waals surface area contributed by atoms with Crippen molar-refractivity contribution in [2.45, 2.75) is 56.5 Å². The molecule has 330 valence electrons. The predicted octanol–water partition coefficient (Wildman–Crippen LogP) is 8.93. The standard InChI is InChI=1S/C47H51Cl2FN8O4S/c1-46(2)14-12-33(38(27-46)31-4-6-34(48)7-5-31)29-56-20-22-57(23-21-56)35-8-10-37(41(25-35)58-42-24-32-13-17-51-44(32)53-40(42)28-52-58)45(59)54-63(60,61)36-9-11-43(39(49)26-36)62-30-47(50)15-18-55(3)19-16-47/h4-11,13,17,24-26,28H,12,14-16,18-23,27,29-30H2,1-3H3,(H,51,53)(H,54,59). The number of H-pyrrole nitrogens is 1. The van der Waals surface area contributed by atoms with Gasteiger partial charge >= 0.3 is 0 Å². The number of hydrogen-bond donors (Lipinski definition) is 2. The number of carbonyl (C=O) groups is 1. The van der Waals surface area contributed by atoms with E-state index in [0.29, 0.717) is 48.3 Å². The molecule has 0 radical (unpaired) electrons. The number of alkyl halides is 1. The highest BCUT2D eigenvalue weighted by Gasteiger charge is 2.35. The Kier molecular flexibility index (Phi) is 11.8. The maximum atomic E-state index is 15.4. The fourth-order valence-electron chi connectivity index (χ4n) is 8.97. The van der Waals surface area contributed by atoms with Crippen LogP contribution in [-0.4, -0.2) is 109 Å². The van der Waals surface area contributed by atoms with Crippen molar-refractivity contribution in [3.63, 3.8) is 0 Å². The molecule has 2 saturated heterocycles. The maximum absolute atomic E-state index is 15.4. The SMILES string of the molecule is CN1CCC(F)(COc2ccc(S(=O)(=O)NC(=O)c3ccc(N4CCN(CC5=C(c6ccc(Cl)cc6)CC(C)(C)CC5)CC4)cc3-n3ncc4nc5[nH]ccc5cc43)cc2Cl)CC1. The topological polar surface area (TPSA) is 129 Å². The molecule has 3 aliphatic rings. The van der Waals surface area contributed by atoms with Gasteiger partial charge in [0.1, 0.15) is 29.2 Å². The average molecular weight is 914 g/mol. The summed E-state index contributed by atoms with van der Waals surface area (Å²) < 4.78 is 52.5. The number of aromatic amines is 1. The van der Waals surface area contributed by atoms with Crippen molar-refractivity contribution < 1.29 is 22.3 Å². The zero-order chi connectivity index (χ0) is 44.1. The van der Waals surface area contributed by atoms with Gasteiger partial charge < -0.3 is 19.5 Å². The Bertz CT molecular complexity index is 2830. The summed E-state index contributed by atoms with van der Waals surface area (Å²) in [7, 11) is -2.47. The highest BCUT2D eigenvalue weighted by atomic mass is 35.5. The molecule has 3 aromatic carbocycles. The van der Waals surface area contributed by atoms with Gasteiger partial charge in [-0.2, -0.15) is 5.10 Å². The van der Waals surface area contributed by atoms with Crippen molar-refractivity contribution >= 4 is 72.5 Å². The molecule has 63 heavy (non-hydrogen) atoms. The first-order valence-corrected chi connectivity index (χ1v) is 23.6. The maximum Gasteiger partial charge on any atom is 0.267 e. The van der Waals surface area contributed by atoms with Crippen LogP contribution in [0.5, 0.6) is 5.75 Å². The van der Waals surface area contributed by atoms with Crippen molar-refractivity contribution in [2.24, 2.45) is 5.41 Å². The second kappa shape index (κ2) is 17.2. The molecule has 0 saturated carbocycles. The van der Waals surface area contributed by atoms with Crippen LogP contribution in [0.1, 0.15) is 61.9 Å². The number of piperazine rings is 1. The van der Waals surface area contributed by atoms with E-state index in [1.807, 2.05) is 43.4 Å². The second-order valence-electron chi connectivity index (χ2n) is 18.0. The molecule has 2 aliphatic heterocycles. The normalized spacial score (nSPS) is 18.6. The zero-order valence-corrected chi connectivity index (χ0v) is 38.0. The van der Waals surface area contributed by atoms with Crippen LogP contribution in [0.15, 0.2) is 95.7 Å². The van der Waals surface area contributed by atoms with Crippen molar-refractivity contribution in [3.8, 4) is 11.4 Å². The number of pyridine rings is 1. The molecule has 1 amide bonds. The summed E-state index contributed by atoms with van der Waals surface area (Å²) in [6.07, 6.45) is 7.31. The van der Waals surface area contributed by atoms with Crippen LogP contribution in [0.4, 0.5) is 10.1 Å². The number of ether oxygens (including phenoxy) is 1. The molecule has 9 rings (SSSR count). The van der Waals surface area contributed by atoms with Crippen LogP contribution in [0.3, 0.4) is 0 Å². The number of anilines is 1. The number of amides is 1. The number of halogens is 3. The van der Waals surface area contributed by atoms with Crippen LogP contribution < -0.4 is 14.4 Å². The summed E-state index contributed by atoms with van der Waals surface area (Å²) in [5, 5.41) is 6.25. The molecule has 6 aromatic rings. The van der Waals surface area contributed by atoms with Gasteiger partial charge in [-0.1, -0.05) is 54.8 Å². The quantitative estimate of drug-likeness (QED) is 0.131.